The standard InChI is InChI=1S/C17H14FNO6/c1-2-24-16-7-6-12(9-14(16)19(22)23)17(21)25-10-15(20)11-4-3-5-13(18)8-11/h3-9H,2,10H2,1H3. The smallest absolute Gasteiger partial charge is 0.338 e. The molecule has 25 heavy (non-hydrogen) atoms. The Kier molecular flexibility index (Phi) is 5.78. The number of halogens is 1. The molecule has 0 aliphatic rings. The zero-order valence-electron chi connectivity index (χ0n) is 13.2. The van der Waals surface area contributed by atoms with Crippen molar-refractivity contribution < 1.29 is 28.4 Å². The number of nitro groups is 1. The van der Waals surface area contributed by atoms with E-state index in [-0.39, 0.29) is 29.2 Å². The number of carbonyl (C=O) groups excluding carboxylic acids is 2. The molecule has 0 spiro atoms. The van der Waals surface area contributed by atoms with Gasteiger partial charge in [-0.25, -0.2) is 9.18 Å². The molecule has 0 N–H and O–H groups in total. The van der Waals surface area contributed by atoms with Gasteiger partial charge in [0.25, 0.3) is 0 Å². The molecule has 130 valence electrons. The van der Waals surface area contributed by atoms with Crippen molar-refractivity contribution in [2.45, 2.75) is 6.92 Å². The molecule has 0 unspecified atom stereocenters. The second kappa shape index (κ2) is 8.00. The molecule has 0 amide bonds. The summed E-state index contributed by atoms with van der Waals surface area (Å²) in [5.74, 6) is -2.05. The Morgan fingerprint density at radius 3 is 2.56 bits per heavy atom. The minimum Gasteiger partial charge on any atom is -0.487 e. The number of hydrogen-bond donors (Lipinski definition) is 0. The van der Waals surface area contributed by atoms with E-state index in [0.717, 1.165) is 12.1 Å². The van der Waals surface area contributed by atoms with Gasteiger partial charge in [-0.15, -0.1) is 0 Å². The van der Waals surface area contributed by atoms with E-state index in [9.17, 15) is 24.1 Å². The third kappa shape index (κ3) is 4.60. The summed E-state index contributed by atoms with van der Waals surface area (Å²) >= 11 is 0. The first kappa shape index (κ1) is 18.1. The summed E-state index contributed by atoms with van der Waals surface area (Å²) < 4.78 is 23.0. The summed E-state index contributed by atoms with van der Waals surface area (Å²) in [6, 6.07) is 8.56. The molecule has 2 rings (SSSR count). The van der Waals surface area contributed by atoms with E-state index < -0.39 is 29.1 Å². The van der Waals surface area contributed by atoms with Gasteiger partial charge in [0, 0.05) is 11.6 Å². The van der Waals surface area contributed by atoms with Crippen molar-refractivity contribution in [2.24, 2.45) is 0 Å². The van der Waals surface area contributed by atoms with Crippen LogP contribution in [0.2, 0.25) is 0 Å². The first-order chi connectivity index (χ1) is 11.9. The van der Waals surface area contributed by atoms with Crippen LogP contribution < -0.4 is 4.74 Å². The van der Waals surface area contributed by atoms with Gasteiger partial charge in [-0.2, -0.15) is 0 Å². The van der Waals surface area contributed by atoms with Gasteiger partial charge in [-0.05, 0) is 31.2 Å². The Balaban J connectivity index is 2.09. The topological polar surface area (TPSA) is 95.7 Å². The van der Waals surface area contributed by atoms with Gasteiger partial charge >= 0.3 is 11.7 Å². The quantitative estimate of drug-likeness (QED) is 0.330. The van der Waals surface area contributed by atoms with E-state index in [1.807, 2.05) is 0 Å². The molecule has 0 aliphatic heterocycles. The fraction of sp³-hybridized carbons (Fsp3) is 0.176. The van der Waals surface area contributed by atoms with E-state index in [0.29, 0.717) is 0 Å². The molecular formula is C17H14FNO6. The lowest BCUT2D eigenvalue weighted by Crippen LogP contribution is -2.14. The lowest BCUT2D eigenvalue weighted by molar-refractivity contribution is -0.385. The van der Waals surface area contributed by atoms with Gasteiger partial charge < -0.3 is 9.47 Å². The monoisotopic (exact) mass is 347 g/mol. The van der Waals surface area contributed by atoms with Crippen molar-refractivity contribution in [1.82, 2.24) is 0 Å². The number of ether oxygens (including phenoxy) is 2. The summed E-state index contributed by atoms with van der Waals surface area (Å²) in [6.45, 7) is 1.29. The normalized spacial score (nSPS) is 10.2. The molecule has 2 aromatic carbocycles. The van der Waals surface area contributed by atoms with Crippen molar-refractivity contribution in [2.75, 3.05) is 13.2 Å². The van der Waals surface area contributed by atoms with Crippen molar-refractivity contribution in [1.29, 1.82) is 0 Å². The second-order valence-corrected chi connectivity index (χ2v) is 4.88. The highest BCUT2D eigenvalue weighted by Gasteiger charge is 2.20. The van der Waals surface area contributed by atoms with Crippen LogP contribution in [0.5, 0.6) is 5.75 Å². The molecule has 0 bridgehead atoms. The van der Waals surface area contributed by atoms with E-state index >= 15 is 0 Å². The van der Waals surface area contributed by atoms with Gasteiger partial charge in [0.2, 0.25) is 0 Å². The van der Waals surface area contributed by atoms with Crippen LogP contribution in [0, 0.1) is 15.9 Å². The summed E-state index contributed by atoms with van der Waals surface area (Å²) in [5, 5.41) is 11.0. The van der Waals surface area contributed by atoms with Gasteiger partial charge in [0.1, 0.15) is 5.82 Å². The molecule has 8 heteroatoms. The molecule has 0 heterocycles. The van der Waals surface area contributed by atoms with Crippen LogP contribution in [-0.2, 0) is 4.74 Å². The van der Waals surface area contributed by atoms with Crippen molar-refractivity contribution in [3.63, 3.8) is 0 Å². The minimum absolute atomic E-state index is 0.0277. The Morgan fingerprint density at radius 1 is 1.16 bits per heavy atom. The highest BCUT2D eigenvalue weighted by atomic mass is 19.1. The van der Waals surface area contributed by atoms with E-state index in [2.05, 4.69) is 0 Å². The maximum Gasteiger partial charge on any atom is 0.338 e. The summed E-state index contributed by atoms with van der Waals surface area (Å²) in [4.78, 5) is 34.2. The summed E-state index contributed by atoms with van der Waals surface area (Å²) in [6.07, 6.45) is 0. The summed E-state index contributed by atoms with van der Waals surface area (Å²) in [7, 11) is 0. The lowest BCUT2D eigenvalue weighted by atomic mass is 10.1. The van der Waals surface area contributed by atoms with Crippen LogP contribution in [0.3, 0.4) is 0 Å². The molecule has 0 saturated carbocycles. The number of carbonyl (C=O) groups is 2. The van der Waals surface area contributed by atoms with Crippen LogP contribution in [-0.4, -0.2) is 29.9 Å². The van der Waals surface area contributed by atoms with Crippen molar-refractivity contribution in [3.05, 3.63) is 69.5 Å². The van der Waals surface area contributed by atoms with Crippen LogP contribution >= 0.6 is 0 Å². The van der Waals surface area contributed by atoms with Crippen LogP contribution in [0.25, 0.3) is 0 Å². The fourth-order valence-corrected chi connectivity index (χ4v) is 2.02. The Labute approximate surface area is 142 Å². The van der Waals surface area contributed by atoms with Crippen molar-refractivity contribution >= 4 is 17.4 Å². The molecule has 2 aromatic rings. The number of Topliss-reactive ketones (excluding diaryl/α,β-unsaturated/α-hetero) is 1. The molecule has 0 aromatic heterocycles. The number of benzene rings is 2. The molecule has 0 fully saturated rings. The number of ketones is 1. The zero-order chi connectivity index (χ0) is 18.4. The number of rotatable bonds is 7. The van der Waals surface area contributed by atoms with E-state index in [4.69, 9.17) is 9.47 Å². The number of nitrogens with zero attached hydrogens (tertiary/aromatic N) is 1. The Bertz CT molecular complexity index is 821. The molecule has 0 atom stereocenters. The highest BCUT2D eigenvalue weighted by Crippen LogP contribution is 2.28. The molecule has 0 radical (unpaired) electrons. The van der Waals surface area contributed by atoms with Gasteiger partial charge in [-0.3, -0.25) is 14.9 Å². The average molecular weight is 347 g/mol. The van der Waals surface area contributed by atoms with Gasteiger partial charge in [0.15, 0.2) is 18.1 Å². The lowest BCUT2D eigenvalue weighted by Gasteiger charge is -2.07. The molecular weight excluding hydrogens is 333 g/mol. The maximum atomic E-state index is 13.1. The Morgan fingerprint density at radius 2 is 1.92 bits per heavy atom. The van der Waals surface area contributed by atoms with E-state index in [1.165, 1.54) is 30.3 Å². The van der Waals surface area contributed by atoms with Crippen LogP contribution in [0.4, 0.5) is 10.1 Å². The number of esters is 1. The molecule has 0 aliphatic carbocycles. The summed E-state index contributed by atoms with van der Waals surface area (Å²) in [5.41, 5.74) is -0.416. The van der Waals surface area contributed by atoms with Gasteiger partial charge in [-0.1, -0.05) is 12.1 Å². The zero-order valence-corrected chi connectivity index (χ0v) is 13.2. The third-order valence-corrected chi connectivity index (χ3v) is 3.17. The largest absolute Gasteiger partial charge is 0.487 e. The Hall–Kier alpha value is -3.29. The first-order valence-electron chi connectivity index (χ1n) is 7.29. The molecule has 7 nitrogen and oxygen atoms in total. The number of hydrogen-bond acceptors (Lipinski definition) is 6. The molecule has 0 saturated heterocycles. The first-order valence-corrected chi connectivity index (χ1v) is 7.29. The third-order valence-electron chi connectivity index (χ3n) is 3.17. The number of nitro benzene ring substituents is 1. The van der Waals surface area contributed by atoms with Crippen molar-refractivity contribution in [3.8, 4) is 5.75 Å². The maximum absolute atomic E-state index is 13.1. The second-order valence-electron chi connectivity index (χ2n) is 4.88. The van der Waals surface area contributed by atoms with Gasteiger partial charge in [0.05, 0.1) is 17.1 Å². The predicted molar refractivity (Wildman–Crippen MR) is 85.3 cm³/mol. The van der Waals surface area contributed by atoms with Crippen LogP contribution in [0.15, 0.2) is 42.5 Å². The fourth-order valence-electron chi connectivity index (χ4n) is 2.02. The predicted octanol–water partition coefficient (Wildman–Crippen LogP) is 3.17. The highest BCUT2D eigenvalue weighted by molar-refractivity contribution is 5.99. The van der Waals surface area contributed by atoms with E-state index in [1.54, 1.807) is 6.92 Å². The minimum atomic E-state index is -0.907. The van der Waals surface area contributed by atoms with Crippen LogP contribution in [0.1, 0.15) is 27.6 Å². The average Bonchev–Trinajstić information content (AvgIpc) is 2.59. The SMILES string of the molecule is CCOc1ccc(C(=O)OCC(=O)c2cccc(F)c2)cc1[N+](=O)[O-].